The Bertz CT molecular complexity index is 615. The fraction of sp³-hybridized carbons (Fsp3) is 0.364. The number of carbonyl (C=O) groups is 1. The molecule has 2 N–H and O–H groups in total. The molecule has 0 saturated heterocycles. The molecule has 0 fully saturated rings. The van der Waals surface area contributed by atoms with E-state index in [2.05, 4.69) is 10.1 Å². The predicted molar refractivity (Wildman–Crippen MR) is 66.6 cm³/mol. The highest BCUT2D eigenvalue weighted by molar-refractivity contribution is 7.92. The van der Waals surface area contributed by atoms with Gasteiger partial charge in [-0.25, -0.2) is 13.2 Å². The van der Waals surface area contributed by atoms with E-state index in [1.165, 1.54) is 6.07 Å². The minimum absolute atomic E-state index is 0.349. The quantitative estimate of drug-likeness (QED) is 0.822. The Labute approximate surface area is 118 Å². The van der Waals surface area contributed by atoms with Gasteiger partial charge in [0.2, 0.25) is 0 Å². The fourth-order valence-corrected chi connectivity index (χ4v) is 2.38. The maximum Gasteiger partial charge on any atom is 0.501 e. The second-order valence-electron chi connectivity index (χ2n) is 3.89. The standard InChI is InChI=1S/C11H12F3NO5S/c1-20-8(10(16)17)6-15-7-4-2-3-5-9(7)21(18,19)11(12,13)14/h2-5,8,15H,6H2,1H3,(H,16,17). The van der Waals surface area contributed by atoms with E-state index in [-0.39, 0.29) is 5.69 Å². The van der Waals surface area contributed by atoms with E-state index in [1.807, 2.05) is 0 Å². The smallest absolute Gasteiger partial charge is 0.479 e. The molecular formula is C11H12F3NO5S. The number of nitrogens with one attached hydrogen (secondary N) is 1. The van der Waals surface area contributed by atoms with Gasteiger partial charge in [-0.15, -0.1) is 0 Å². The summed E-state index contributed by atoms with van der Waals surface area (Å²) < 4.78 is 65.1. The summed E-state index contributed by atoms with van der Waals surface area (Å²) in [7, 11) is -4.42. The summed E-state index contributed by atoms with van der Waals surface area (Å²) in [6.45, 7) is -0.393. The Morgan fingerprint density at radius 1 is 1.38 bits per heavy atom. The van der Waals surface area contributed by atoms with Gasteiger partial charge in [0.1, 0.15) is 0 Å². The van der Waals surface area contributed by atoms with Crippen LogP contribution in [0.3, 0.4) is 0 Å². The number of carboxylic acid groups (broad SMARTS) is 1. The zero-order chi connectivity index (χ0) is 16.3. The van der Waals surface area contributed by atoms with Crippen molar-refractivity contribution in [1.82, 2.24) is 0 Å². The maximum absolute atomic E-state index is 12.6. The molecule has 1 unspecified atom stereocenters. The van der Waals surface area contributed by atoms with Gasteiger partial charge >= 0.3 is 11.5 Å². The van der Waals surface area contributed by atoms with Crippen LogP contribution in [0.4, 0.5) is 18.9 Å². The highest BCUT2D eigenvalue weighted by atomic mass is 32.2. The second-order valence-corrected chi connectivity index (χ2v) is 5.80. The average molecular weight is 327 g/mol. The molecule has 0 bridgehead atoms. The van der Waals surface area contributed by atoms with Crippen LogP contribution in [0.25, 0.3) is 0 Å². The van der Waals surface area contributed by atoms with Crippen molar-refractivity contribution in [2.75, 3.05) is 19.0 Å². The van der Waals surface area contributed by atoms with Crippen LogP contribution in [-0.2, 0) is 19.4 Å². The topological polar surface area (TPSA) is 92.7 Å². The summed E-state index contributed by atoms with van der Waals surface area (Å²) in [5.74, 6) is -1.33. The van der Waals surface area contributed by atoms with Crippen LogP contribution in [0.5, 0.6) is 0 Å². The number of benzene rings is 1. The van der Waals surface area contributed by atoms with Crippen molar-refractivity contribution in [1.29, 1.82) is 0 Å². The van der Waals surface area contributed by atoms with Crippen molar-refractivity contribution in [2.24, 2.45) is 0 Å². The van der Waals surface area contributed by atoms with Crippen molar-refractivity contribution in [3.05, 3.63) is 24.3 Å². The van der Waals surface area contributed by atoms with Gasteiger partial charge in [0.25, 0.3) is 9.84 Å². The predicted octanol–water partition coefficient (Wildman–Crippen LogP) is 1.49. The average Bonchev–Trinajstić information content (AvgIpc) is 2.38. The van der Waals surface area contributed by atoms with Gasteiger partial charge < -0.3 is 15.2 Å². The lowest BCUT2D eigenvalue weighted by atomic mass is 10.3. The molecular weight excluding hydrogens is 315 g/mol. The first-order valence-corrected chi connectivity index (χ1v) is 6.99. The first kappa shape index (κ1) is 17.2. The fourth-order valence-electron chi connectivity index (χ4n) is 1.45. The highest BCUT2D eigenvalue weighted by Crippen LogP contribution is 2.34. The second kappa shape index (κ2) is 6.31. The summed E-state index contributed by atoms with van der Waals surface area (Å²) in [5, 5.41) is 11.1. The maximum atomic E-state index is 12.6. The molecule has 0 aliphatic carbocycles. The molecule has 0 spiro atoms. The molecule has 0 heterocycles. The molecule has 1 aromatic carbocycles. The summed E-state index contributed by atoms with van der Waals surface area (Å²) in [5.41, 5.74) is -5.80. The molecule has 21 heavy (non-hydrogen) atoms. The molecule has 10 heteroatoms. The molecule has 1 rings (SSSR count). The molecule has 0 amide bonds. The number of aliphatic carboxylic acids is 1. The lowest BCUT2D eigenvalue weighted by Crippen LogP contribution is -2.31. The van der Waals surface area contributed by atoms with E-state index in [4.69, 9.17) is 5.11 Å². The van der Waals surface area contributed by atoms with E-state index >= 15 is 0 Å². The molecule has 0 aromatic heterocycles. The largest absolute Gasteiger partial charge is 0.501 e. The van der Waals surface area contributed by atoms with Crippen LogP contribution in [0.1, 0.15) is 0 Å². The van der Waals surface area contributed by atoms with Crippen LogP contribution < -0.4 is 5.32 Å². The van der Waals surface area contributed by atoms with Crippen molar-refractivity contribution in [3.63, 3.8) is 0 Å². The number of anilines is 1. The third-order valence-electron chi connectivity index (χ3n) is 2.52. The zero-order valence-electron chi connectivity index (χ0n) is 10.7. The Hall–Kier alpha value is -1.81. The summed E-state index contributed by atoms with van der Waals surface area (Å²) >= 11 is 0. The van der Waals surface area contributed by atoms with Crippen LogP contribution in [0, 0.1) is 0 Å². The number of rotatable bonds is 6. The van der Waals surface area contributed by atoms with Crippen LogP contribution >= 0.6 is 0 Å². The van der Waals surface area contributed by atoms with Crippen molar-refractivity contribution in [2.45, 2.75) is 16.5 Å². The number of para-hydroxylation sites is 1. The lowest BCUT2D eigenvalue weighted by molar-refractivity contribution is -0.147. The normalized spacial score (nSPS) is 13.7. The number of hydrogen-bond donors (Lipinski definition) is 2. The Balaban J connectivity index is 3.09. The van der Waals surface area contributed by atoms with Crippen molar-refractivity contribution in [3.8, 4) is 0 Å². The Morgan fingerprint density at radius 2 is 1.95 bits per heavy atom. The molecule has 0 radical (unpaired) electrons. The van der Waals surface area contributed by atoms with Gasteiger partial charge in [0.15, 0.2) is 6.10 Å². The van der Waals surface area contributed by atoms with Gasteiger partial charge in [0.05, 0.1) is 17.1 Å². The summed E-state index contributed by atoms with van der Waals surface area (Å²) in [4.78, 5) is 9.76. The molecule has 1 atom stereocenters. The van der Waals surface area contributed by atoms with E-state index < -0.39 is 38.9 Å². The first-order valence-electron chi connectivity index (χ1n) is 5.51. The van der Waals surface area contributed by atoms with Crippen LogP contribution in [0.15, 0.2) is 29.2 Å². The lowest BCUT2D eigenvalue weighted by Gasteiger charge is -2.16. The molecule has 0 saturated carbocycles. The number of methoxy groups -OCH3 is 1. The highest BCUT2D eigenvalue weighted by Gasteiger charge is 2.47. The van der Waals surface area contributed by atoms with E-state index in [9.17, 15) is 26.4 Å². The minimum atomic E-state index is -5.53. The molecule has 1 aromatic rings. The zero-order valence-corrected chi connectivity index (χ0v) is 11.5. The van der Waals surface area contributed by atoms with Crippen molar-refractivity contribution < 1.29 is 36.2 Å². The number of sulfone groups is 1. The molecule has 0 aliphatic rings. The number of carboxylic acids is 1. The summed E-state index contributed by atoms with van der Waals surface area (Å²) in [6.07, 6.45) is -1.33. The minimum Gasteiger partial charge on any atom is -0.479 e. The number of halogens is 3. The molecule has 6 nitrogen and oxygen atoms in total. The van der Waals surface area contributed by atoms with Gasteiger partial charge in [-0.3, -0.25) is 0 Å². The van der Waals surface area contributed by atoms with Gasteiger partial charge in [0, 0.05) is 7.11 Å². The molecule has 118 valence electrons. The third-order valence-corrected chi connectivity index (χ3v) is 4.06. The number of hydrogen-bond acceptors (Lipinski definition) is 5. The number of ether oxygens (including phenoxy) is 1. The first-order chi connectivity index (χ1) is 9.61. The molecule has 0 aliphatic heterocycles. The SMILES string of the molecule is COC(CNc1ccccc1S(=O)(=O)C(F)(F)F)C(=O)O. The Morgan fingerprint density at radius 3 is 2.43 bits per heavy atom. The van der Waals surface area contributed by atoms with Crippen LogP contribution in [-0.4, -0.2) is 44.8 Å². The number of alkyl halides is 3. The van der Waals surface area contributed by atoms with Gasteiger partial charge in [-0.1, -0.05) is 12.1 Å². The van der Waals surface area contributed by atoms with E-state index in [0.717, 1.165) is 25.3 Å². The van der Waals surface area contributed by atoms with Crippen molar-refractivity contribution >= 4 is 21.5 Å². The monoisotopic (exact) mass is 327 g/mol. The third kappa shape index (κ3) is 3.85. The van der Waals surface area contributed by atoms with Gasteiger partial charge in [-0.2, -0.15) is 13.2 Å². The summed E-state index contributed by atoms with van der Waals surface area (Å²) in [6, 6.07) is 4.34. The Kier molecular flexibility index (Phi) is 5.18. The van der Waals surface area contributed by atoms with E-state index in [1.54, 1.807) is 0 Å². The van der Waals surface area contributed by atoms with Crippen LogP contribution in [0.2, 0.25) is 0 Å². The van der Waals surface area contributed by atoms with Gasteiger partial charge in [-0.05, 0) is 12.1 Å². The van der Waals surface area contributed by atoms with E-state index in [0.29, 0.717) is 0 Å².